The van der Waals surface area contributed by atoms with E-state index >= 15 is 0 Å². The van der Waals surface area contributed by atoms with Crippen molar-refractivity contribution in [2.24, 2.45) is 0 Å². The number of pyridine rings is 2. The highest BCUT2D eigenvalue weighted by atomic mass is 14.9. The van der Waals surface area contributed by atoms with Crippen LogP contribution in [0.1, 0.15) is 11.1 Å². The van der Waals surface area contributed by atoms with Gasteiger partial charge in [0.1, 0.15) is 0 Å². The maximum absolute atomic E-state index is 2.36. The Balaban J connectivity index is 0.886. The van der Waals surface area contributed by atoms with Crippen molar-refractivity contribution in [1.82, 2.24) is 0 Å². The zero-order chi connectivity index (χ0) is 45.5. The predicted octanol–water partition coefficient (Wildman–Crippen LogP) is 15.7. The molecule has 0 N–H and O–H groups in total. The van der Waals surface area contributed by atoms with Crippen molar-refractivity contribution in [3.63, 3.8) is 0 Å². The van der Waals surface area contributed by atoms with E-state index in [-0.39, 0.29) is 0 Å². The maximum atomic E-state index is 2.36. The number of hydrogen-bond acceptors (Lipinski definition) is 0. The van der Waals surface area contributed by atoms with E-state index in [0.717, 1.165) is 13.1 Å². The summed E-state index contributed by atoms with van der Waals surface area (Å²) in [4.78, 5) is 0. The van der Waals surface area contributed by atoms with Crippen LogP contribution in [0.15, 0.2) is 280 Å². The van der Waals surface area contributed by atoms with E-state index in [4.69, 9.17) is 0 Å². The fraction of sp³-hybridized carbons (Fsp3) is 0.0303. The molecule has 0 amide bonds. The number of rotatable bonds is 12. The van der Waals surface area contributed by atoms with Gasteiger partial charge in [-0.15, -0.1) is 0 Å². The van der Waals surface area contributed by atoms with Crippen LogP contribution < -0.4 is 9.13 Å². The molecule has 0 saturated heterocycles. The summed E-state index contributed by atoms with van der Waals surface area (Å²) < 4.78 is 4.57. The largest absolute Gasteiger partial charge is 0.201 e. The molecule has 9 aromatic carbocycles. The minimum Gasteiger partial charge on any atom is -0.201 e. The second kappa shape index (κ2) is 19.4. The van der Waals surface area contributed by atoms with Crippen molar-refractivity contribution < 1.29 is 9.13 Å². The van der Waals surface area contributed by atoms with Gasteiger partial charge >= 0.3 is 0 Å². The van der Waals surface area contributed by atoms with Gasteiger partial charge in [-0.25, -0.2) is 9.13 Å². The standard InChI is InChI=1S/C66H50N2/c1-7-22-51(23-8-1)59-43-61(53-26-11-3-12-27-53)65(62(44-59)54-28-13-4-14-29-54)57-34-38-67(39-35-57)47-49-20-19-21-50(42-49)48-68-40-36-58(37-41-68)66-63(55-30-15-5-16-31-55)45-60(52-24-9-2-10-25-52)46-64(66)56-32-17-6-18-33-56/h1-46H,47-48H2/q+2. The molecule has 322 valence electrons. The van der Waals surface area contributed by atoms with Gasteiger partial charge in [0, 0.05) is 35.4 Å². The Kier molecular flexibility index (Phi) is 12.0. The third-order valence-electron chi connectivity index (χ3n) is 12.9. The SMILES string of the molecule is c1ccc(-c2cc(-c3ccccc3)c(-c3cc[n+](Cc4cccc(C[n+]5ccc(-c6c(-c7ccccc7)cc(-c7ccccc7)cc6-c6ccccc6)cc5)c4)cc3)c(-c3ccccc3)c2)cc1. The Morgan fingerprint density at radius 3 is 0.750 bits per heavy atom. The minimum absolute atomic E-state index is 0.769. The highest BCUT2D eigenvalue weighted by Crippen LogP contribution is 2.45. The average Bonchev–Trinajstić information content (AvgIpc) is 3.42. The van der Waals surface area contributed by atoms with Gasteiger partial charge in [-0.1, -0.05) is 200 Å². The lowest BCUT2D eigenvalue weighted by atomic mass is 9.85. The van der Waals surface area contributed by atoms with E-state index in [1.807, 2.05) is 0 Å². The maximum Gasteiger partial charge on any atom is 0.173 e. The zero-order valence-corrected chi connectivity index (χ0v) is 37.9. The van der Waals surface area contributed by atoms with Gasteiger partial charge in [0.15, 0.2) is 37.9 Å². The molecule has 0 aliphatic carbocycles. The van der Waals surface area contributed by atoms with Gasteiger partial charge in [-0.05, 0) is 119 Å². The van der Waals surface area contributed by atoms with Crippen molar-refractivity contribution in [3.8, 4) is 89.0 Å². The topological polar surface area (TPSA) is 7.76 Å². The van der Waals surface area contributed by atoms with Crippen molar-refractivity contribution in [1.29, 1.82) is 0 Å². The Bertz CT molecular complexity index is 3070. The zero-order valence-electron chi connectivity index (χ0n) is 37.9. The Labute approximate surface area is 400 Å². The molecule has 68 heavy (non-hydrogen) atoms. The van der Waals surface area contributed by atoms with Gasteiger partial charge in [0.2, 0.25) is 0 Å². The summed E-state index contributed by atoms with van der Waals surface area (Å²) >= 11 is 0. The highest BCUT2D eigenvalue weighted by molar-refractivity contribution is 5.99. The summed E-state index contributed by atoms with van der Waals surface area (Å²) in [5, 5.41) is 0. The Morgan fingerprint density at radius 1 is 0.206 bits per heavy atom. The van der Waals surface area contributed by atoms with Crippen LogP contribution in [0.2, 0.25) is 0 Å². The van der Waals surface area contributed by atoms with E-state index in [0.29, 0.717) is 0 Å². The van der Waals surface area contributed by atoms with Crippen LogP contribution in [0.3, 0.4) is 0 Å². The van der Waals surface area contributed by atoms with Crippen molar-refractivity contribution in [3.05, 3.63) is 291 Å². The molecule has 0 fully saturated rings. The molecule has 2 heteroatoms. The van der Waals surface area contributed by atoms with Crippen LogP contribution >= 0.6 is 0 Å². The first-order valence-electron chi connectivity index (χ1n) is 23.5. The van der Waals surface area contributed by atoms with Gasteiger partial charge < -0.3 is 0 Å². The van der Waals surface area contributed by atoms with Gasteiger partial charge in [0.25, 0.3) is 0 Å². The average molecular weight is 871 g/mol. The molecule has 2 heterocycles. The van der Waals surface area contributed by atoms with E-state index in [9.17, 15) is 0 Å². The monoisotopic (exact) mass is 870 g/mol. The van der Waals surface area contributed by atoms with Crippen molar-refractivity contribution in [2.75, 3.05) is 0 Å². The third-order valence-corrected chi connectivity index (χ3v) is 12.9. The molecule has 0 aliphatic heterocycles. The molecular formula is C66H50N2+2. The first kappa shape index (κ1) is 41.9. The van der Waals surface area contributed by atoms with E-state index in [2.05, 4.69) is 289 Å². The van der Waals surface area contributed by atoms with Gasteiger partial charge in [-0.2, -0.15) is 0 Å². The summed E-state index contributed by atoms with van der Waals surface area (Å²) in [7, 11) is 0. The first-order valence-corrected chi connectivity index (χ1v) is 23.5. The third kappa shape index (κ3) is 9.09. The molecule has 0 saturated carbocycles. The molecule has 0 spiro atoms. The van der Waals surface area contributed by atoms with Crippen molar-refractivity contribution >= 4 is 0 Å². The van der Waals surface area contributed by atoms with Crippen LogP contribution in [-0.4, -0.2) is 0 Å². The van der Waals surface area contributed by atoms with Crippen LogP contribution in [-0.2, 0) is 13.1 Å². The molecule has 11 aromatic rings. The van der Waals surface area contributed by atoms with Gasteiger partial charge in [-0.3, -0.25) is 0 Å². The molecule has 2 aromatic heterocycles. The number of benzene rings is 9. The lowest BCUT2D eigenvalue weighted by Crippen LogP contribution is -2.34. The number of nitrogens with zero attached hydrogens (tertiary/aromatic N) is 2. The highest BCUT2D eigenvalue weighted by Gasteiger charge is 2.20. The second-order valence-electron chi connectivity index (χ2n) is 17.4. The Morgan fingerprint density at radius 2 is 0.471 bits per heavy atom. The molecular weight excluding hydrogens is 821 g/mol. The summed E-state index contributed by atoms with van der Waals surface area (Å²) in [6, 6.07) is 92.1. The molecule has 0 radical (unpaired) electrons. The number of hydrogen-bond donors (Lipinski definition) is 0. The normalized spacial score (nSPS) is 11.1. The van der Waals surface area contributed by atoms with E-state index in [1.54, 1.807) is 0 Å². The predicted molar refractivity (Wildman–Crippen MR) is 281 cm³/mol. The lowest BCUT2D eigenvalue weighted by molar-refractivity contribution is -0.689. The Hall–Kier alpha value is -8.72. The van der Waals surface area contributed by atoms with Crippen molar-refractivity contribution in [2.45, 2.75) is 13.1 Å². The quantitative estimate of drug-likeness (QED) is 0.108. The van der Waals surface area contributed by atoms with Crippen LogP contribution in [0, 0.1) is 0 Å². The fourth-order valence-corrected chi connectivity index (χ4v) is 9.59. The summed E-state index contributed by atoms with van der Waals surface area (Å²) in [6.07, 6.45) is 8.90. The molecule has 0 aliphatic rings. The molecule has 2 nitrogen and oxygen atoms in total. The molecule has 0 bridgehead atoms. The smallest absolute Gasteiger partial charge is 0.173 e. The molecule has 0 atom stereocenters. The lowest BCUT2D eigenvalue weighted by Gasteiger charge is -2.19. The van der Waals surface area contributed by atoms with Crippen LogP contribution in [0.5, 0.6) is 0 Å². The van der Waals surface area contributed by atoms with Crippen LogP contribution in [0.4, 0.5) is 0 Å². The molecule has 11 rings (SSSR count). The minimum atomic E-state index is 0.769. The molecule has 0 unspecified atom stereocenters. The summed E-state index contributed by atoms with van der Waals surface area (Å²) in [5.41, 5.74) is 21.9. The second-order valence-corrected chi connectivity index (χ2v) is 17.4. The summed E-state index contributed by atoms with van der Waals surface area (Å²) in [5.74, 6) is 0. The van der Waals surface area contributed by atoms with Gasteiger partial charge in [0.05, 0.1) is 0 Å². The first-order chi connectivity index (χ1) is 33.7. The fourth-order valence-electron chi connectivity index (χ4n) is 9.59. The number of aromatic nitrogens is 2. The van der Waals surface area contributed by atoms with Crippen LogP contribution in [0.25, 0.3) is 89.0 Å². The summed E-state index contributed by atoms with van der Waals surface area (Å²) in [6.45, 7) is 1.54. The van der Waals surface area contributed by atoms with E-state index in [1.165, 1.54) is 100 Å². The van der Waals surface area contributed by atoms with E-state index < -0.39 is 0 Å².